The molecule has 3 aliphatic rings. The molecule has 0 spiro atoms. The lowest BCUT2D eigenvalue weighted by Gasteiger charge is -2.38. The van der Waals surface area contributed by atoms with E-state index in [2.05, 4.69) is 23.1 Å². The average Bonchev–Trinajstić information content (AvgIpc) is 3.36. The van der Waals surface area contributed by atoms with E-state index in [1.165, 1.54) is 11.1 Å². The van der Waals surface area contributed by atoms with Crippen LogP contribution >= 0.6 is 0 Å². The van der Waals surface area contributed by atoms with Gasteiger partial charge in [-0.3, -0.25) is 14.5 Å². The highest BCUT2D eigenvalue weighted by Gasteiger charge is 2.31. The third-order valence-corrected chi connectivity index (χ3v) is 7.22. The summed E-state index contributed by atoms with van der Waals surface area (Å²) in [5.74, 6) is 1.35. The molecule has 0 N–H and O–H groups in total. The molecule has 2 aromatic rings. The number of likely N-dealkylation sites (tertiary alicyclic amines) is 1. The van der Waals surface area contributed by atoms with E-state index in [9.17, 15) is 9.59 Å². The Morgan fingerprint density at radius 1 is 0.912 bits per heavy atom. The fourth-order valence-corrected chi connectivity index (χ4v) is 5.16. The van der Waals surface area contributed by atoms with Gasteiger partial charge in [0.15, 0.2) is 0 Å². The van der Waals surface area contributed by atoms with Crippen molar-refractivity contribution in [3.05, 3.63) is 71.3 Å². The molecule has 5 rings (SSSR count). The molecule has 178 valence electrons. The van der Waals surface area contributed by atoms with E-state index < -0.39 is 0 Å². The summed E-state index contributed by atoms with van der Waals surface area (Å²) in [6.07, 6.45) is 6.00. The second kappa shape index (κ2) is 10.4. The first-order valence-electron chi connectivity index (χ1n) is 12.4. The smallest absolute Gasteiger partial charge is 0.246 e. The first kappa shape index (κ1) is 22.7. The van der Waals surface area contributed by atoms with Crippen molar-refractivity contribution in [2.24, 2.45) is 5.92 Å². The Morgan fingerprint density at radius 3 is 2.44 bits per heavy atom. The molecular weight excluding hydrogens is 426 g/mol. The first-order valence-corrected chi connectivity index (χ1v) is 12.4. The van der Waals surface area contributed by atoms with Gasteiger partial charge in [-0.1, -0.05) is 42.5 Å². The zero-order valence-electron chi connectivity index (χ0n) is 19.7. The molecule has 2 saturated heterocycles. The molecule has 2 aromatic carbocycles. The zero-order valence-corrected chi connectivity index (χ0v) is 19.7. The number of piperidine rings is 1. The SMILES string of the molecule is O=C(C=Cc1ccccc1)N1CCC(C(=O)N2CCN(Cc3ccc4c(c3)CCO4)CC2)CC1. The fourth-order valence-electron chi connectivity index (χ4n) is 5.16. The number of amides is 2. The van der Waals surface area contributed by atoms with Crippen molar-refractivity contribution in [2.75, 3.05) is 45.9 Å². The van der Waals surface area contributed by atoms with Crippen LogP contribution < -0.4 is 4.74 Å². The topological polar surface area (TPSA) is 53.1 Å². The van der Waals surface area contributed by atoms with Crippen molar-refractivity contribution in [1.82, 2.24) is 14.7 Å². The quantitative estimate of drug-likeness (QED) is 0.645. The Kier molecular flexibility index (Phi) is 6.95. The molecule has 3 aliphatic heterocycles. The predicted octanol–water partition coefficient (Wildman–Crippen LogP) is 3.22. The van der Waals surface area contributed by atoms with Gasteiger partial charge in [-0.05, 0) is 41.7 Å². The molecule has 0 atom stereocenters. The number of hydrogen-bond acceptors (Lipinski definition) is 4. The number of carbonyl (C=O) groups is 2. The number of ether oxygens (including phenoxy) is 1. The monoisotopic (exact) mass is 459 g/mol. The summed E-state index contributed by atoms with van der Waals surface area (Å²) in [6.45, 7) is 6.38. The Hall–Kier alpha value is -3.12. The van der Waals surface area contributed by atoms with E-state index >= 15 is 0 Å². The molecule has 0 saturated carbocycles. The number of hydrogen-bond donors (Lipinski definition) is 0. The van der Waals surface area contributed by atoms with Crippen LogP contribution in [-0.4, -0.2) is 72.4 Å². The van der Waals surface area contributed by atoms with Crippen molar-refractivity contribution in [3.63, 3.8) is 0 Å². The van der Waals surface area contributed by atoms with E-state index in [0.717, 1.165) is 69.9 Å². The molecule has 2 fully saturated rings. The van der Waals surface area contributed by atoms with Crippen LogP contribution in [0.1, 0.15) is 29.5 Å². The molecule has 0 aliphatic carbocycles. The summed E-state index contributed by atoms with van der Waals surface area (Å²) in [7, 11) is 0. The van der Waals surface area contributed by atoms with Crippen molar-refractivity contribution in [3.8, 4) is 5.75 Å². The molecule has 6 nitrogen and oxygen atoms in total. The third kappa shape index (κ3) is 5.33. The van der Waals surface area contributed by atoms with Gasteiger partial charge in [0.1, 0.15) is 5.75 Å². The standard InChI is InChI=1S/C28H33N3O3/c32-27(9-7-22-4-2-1-3-5-22)30-13-10-24(11-14-30)28(33)31-17-15-29(16-18-31)21-23-6-8-26-25(20-23)12-19-34-26/h1-9,20,24H,10-19,21H2. The molecule has 0 unspecified atom stereocenters. The third-order valence-electron chi connectivity index (χ3n) is 7.22. The molecule has 2 amide bonds. The second-order valence-electron chi connectivity index (χ2n) is 9.49. The molecule has 3 heterocycles. The van der Waals surface area contributed by atoms with Gasteiger partial charge in [-0.2, -0.15) is 0 Å². The van der Waals surface area contributed by atoms with E-state index in [4.69, 9.17) is 4.74 Å². The lowest BCUT2D eigenvalue weighted by molar-refractivity contribution is -0.141. The van der Waals surface area contributed by atoms with Gasteiger partial charge in [0.25, 0.3) is 0 Å². The number of rotatable bonds is 5. The van der Waals surface area contributed by atoms with Crippen molar-refractivity contribution in [1.29, 1.82) is 0 Å². The summed E-state index contributed by atoms with van der Waals surface area (Å²) < 4.78 is 5.61. The molecule has 34 heavy (non-hydrogen) atoms. The van der Waals surface area contributed by atoms with Gasteiger partial charge in [0.2, 0.25) is 11.8 Å². The first-order chi connectivity index (χ1) is 16.7. The zero-order chi connectivity index (χ0) is 23.3. The summed E-state index contributed by atoms with van der Waals surface area (Å²) >= 11 is 0. The Bertz CT molecular complexity index is 1040. The van der Waals surface area contributed by atoms with Crippen LogP contribution in [0.2, 0.25) is 0 Å². The van der Waals surface area contributed by atoms with Crippen LogP contribution in [0, 0.1) is 5.92 Å². The van der Waals surface area contributed by atoms with Crippen LogP contribution in [0.4, 0.5) is 0 Å². The minimum atomic E-state index is 0.0292. The maximum atomic E-state index is 13.1. The largest absolute Gasteiger partial charge is 0.493 e. The molecule has 6 heteroatoms. The highest BCUT2D eigenvalue weighted by Crippen LogP contribution is 2.27. The summed E-state index contributed by atoms with van der Waals surface area (Å²) in [5.41, 5.74) is 3.65. The van der Waals surface area contributed by atoms with Crippen LogP contribution in [-0.2, 0) is 22.6 Å². The Morgan fingerprint density at radius 2 is 1.68 bits per heavy atom. The van der Waals surface area contributed by atoms with Crippen LogP contribution in [0.5, 0.6) is 5.75 Å². The van der Waals surface area contributed by atoms with E-state index in [1.54, 1.807) is 6.08 Å². The van der Waals surface area contributed by atoms with E-state index in [1.807, 2.05) is 46.2 Å². The average molecular weight is 460 g/mol. The molecular formula is C28H33N3O3. The number of benzene rings is 2. The highest BCUT2D eigenvalue weighted by molar-refractivity contribution is 5.92. The minimum absolute atomic E-state index is 0.0292. The lowest BCUT2D eigenvalue weighted by atomic mass is 9.94. The van der Waals surface area contributed by atoms with Gasteiger partial charge in [0.05, 0.1) is 6.61 Å². The van der Waals surface area contributed by atoms with Crippen molar-refractivity contribution < 1.29 is 14.3 Å². The van der Waals surface area contributed by atoms with Gasteiger partial charge in [-0.25, -0.2) is 0 Å². The number of fused-ring (bicyclic) bond motifs is 1. The van der Waals surface area contributed by atoms with Crippen molar-refractivity contribution in [2.45, 2.75) is 25.8 Å². The maximum Gasteiger partial charge on any atom is 0.246 e. The Labute approximate surface area is 201 Å². The highest BCUT2D eigenvalue weighted by atomic mass is 16.5. The minimum Gasteiger partial charge on any atom is -0.493 e. The number of nitrogens with zero attached hydrogens (tertiary/aromatic N) is 3. The maximum absolute atomic E-state index is 13.1. The van der Waals surface area contributed by atoms with Gasteiger partial charge < -0.3 is 14.5 Å². The normalized spacial score (nSPS) is 19.3. The van der Waals surface area contributed by atoms with E-state index in [-0.39, 0.29) is 17.7 Å². The summed E-state index contributed by atoms with van der Waals surface area (Å²) in [4.78, 5) is 32.0. The van der Waals surface area contributed by atoms with Gasteiger partial charge in [-0.15, -0.1) is 0 Å². The predicted molar refractivity (Wildman–Crippen MR) is 132 cm³/mol. The molecule has 0 bridgehead atoms. The molecule has 0 radical (unpaired) electrons. The Balaban J connectivity index is 1.06. The van der Waals surface area contributed by atoms with Crippen LogP contribution in [0.3, 0.4) is 0 Å². The van der Waals surface area contributed by atoms with Crippen LogP contribution in [0.25, 0.3) is 6.08 Å². The number of piperazine rings is 1. The second-order valence-corrected chi connectivity index (χ2v) is 9.49. The van der Waals surface area contributed by atoms with E-state index in [0.29, 0.717) is 13.1 Å². The summed E-state index contributed by atoms with van der Waals surface area (Å²) in [6, 6.07) is 16.4. The summed E-state index contributed by atoms with van der Waals surface area (Å²) in [5, 5.41) is 0. The number of carbonyl (C=O) groups excluding carboxylic acids is 2. The fraction of sp³-hybridized carbons (Fsp3) is 0.429. The van der Waals surface area contributed by atoms with Gasteiger partial charge >= 0.3 is 0 Å². The van der Waals surface area contributed by atoms with Crippen LogP contribution in [0.15, 0.2) is 54.6 Å². The lowest BCUT2D eigenvalue weighted by Crippen LogP contribution is -2.51. The molecule has 0 aromatic heterocycles. The van der Waals surface area contributed by atoms with Gasteiger partial charge in [0, 0.05) is 64.2 Å². The van der Waals surface area contributed by atoms with Crippen molar-refractivity contribution >= 4 is 17.9 Å².